The standard InChI is InChI=1S/C30H45N3O3/c1-5-18-32(19-6-2)22-23-36-27-16-14-25(15-17-27)24-28(30(35)33(20-7-3)21-8-4)31-29(34)26-12-10-9-11-13-26/h9-17,28H,5-8,18-24H2,1-4H3,(H,31,34). The van der Waals surface area contributed by atoms with Gasteiger partial charge in [0.05, 0.1) is 0 Å². The summed E-state index contributed by atoms with van der Waals surface area (Å²) in [5.74, 6) is 0.558. The molecule has 1 N–H and O–H groups in total. The van der Waals surface area contributed by atoms with Gasteiger partial charge in [0.15, 0.2) is 0 Å². The number of benzene rings is 2. The van der Waals surface area contributed by atoms with Gasteiger partial charge in [0, 0.05) is 31.6 Å². The van der Waals surface area contributed by atoms with Crippen molar-refractivity contribution in [1.82, 2.24) is 15.1 Å². The molecule has 2 rings (SSSR count). The van der Waals surface area contributed by atoms with Gasteiger partial charge in [0.2, 0.25) is 5.91 Å². The summed E-state index contributed by atoms with van der Waals surface area (Å²) in [5.41, 5.74) is 1.54. The van der Waals surface area contributed by atoms with Gasteiger partial charge in [-0.3, -0.25) is 14.5 Å². The van der Waals surface area contributed by atoms with Crippen molar-refractivity contribution in [2.75, 3.05) is 39.3 Å². The highest BCUT2D eigenvalue weighted by molar-refractivity contribution is 5.97. The van der Waals surface area contributed by atoms with Crippen LogP contribution >= 0.6 is 0 Å². The molecule has 1 unspecified atom stereocenters. The Kier molecular flexibility index (Phi) is 13.7. The fraction of sp³-hybridized carbons (Fsp3) is 0.533. The third-order valence-corrected chi connectivity index (χ3v) is 6.06. The van der Waals surface area contributed by atoms with Crippen LogP contribution in [0.5, 0.6) is 5.75 Å². The quantitative estimate of drug-likeness (QED) is 0.329. The van der Waals surface area contributed by atoms with E-state index in [1.807, 2.05) is 47.4 Å². The molecular formula is C30H45N3O3. The Morgan fingerprint density at radius 2 is 1.36 bits per heavy atom. The van der Waals surface area contributed by atoms with Crippen molar-refractivity contribution >= 4 is 11.8 Å². The summed E-state index contributed by atoms with van der Waals surface area (Å²) >= 11 is 0. The second kappa shape index (κ2) is 16.7. The lowest BCUT2D eigenvalue weighted by Crippen LogP contribution is -2.50. The Hall–Kier alpha value is -2.86. The minimum Gasteiger partial charge on any atom is -0.492 e. The number of hydrogen-bond donors (Lipinski definition) is 1. The monoisotopic (exact) mass is 495 g/mol. The first-order chi connectivity index (χ1) is 17.5. The number of nitrogens with one attached hydrogen (secondary N) is 1. The SMILES string of the molecule is CCCN(CCC)CCOc1ccc(CC(NC(=O)c2ccccc2)C(=O)N(CCC)CCC)cc1. The molecule has 0 aliphatic rings. The summed E-state index contributed by atoms with van der Waals surface area (Å²) in [5, 5.41) is 3.00. The summed E-state index contributed by atoms with van der Waals surface area (Å²) < 4.78 is 5.97. The van der Waals surface area contributed by atoms with E-state index in [1.165, 1.54) is 0 Å². The fourth-order valence-electron chi connectivity index (χ4n) is 4.34. The molecule has 1 atom stereocenters. The molecule has 6 nitrogen and oxygen atoms in total. The maximum atomic E-state index is 13.5. The summed E-state index contributed by atoms with van der Waals surface area (Å²) in [6, 6.07) is 16.3. The van der Waals surface area contributed by atoms with Gasteiger partial charge >= 0.3 is 0 Å². The van der Waals surface area contributed by atoms with Crippen LogP contribution in [-0.2, 0) is 11.2 Å². The molecule has 0 heterocycles. The molecule has 198 valence electrons. The van der Waals surface area contributed by atoms with Crippen LogP contribution in [0.4, 0.5) is 0 Å². The molecular weight excluding hydrogens is 450 g/mol. The summed E-state index contributed by atoms with van der Waals surface area (Å²) in [7, 11) is 0. The van der Waals surface area contributed by atoms with Crippen LogP contribution in [-0.4, -0.2) is 67.0 Å². The predicted octanol–water partition coefficient (Wildman–Crippen LogP) is 5.18. The van der Waals surface area contributed by atoms with Crippen molar-refractivity contribution in [3.05, 3.63) is 65.7 Å². The summed E-state index contributed by atoms with van der Waals surface area (Å²) in [4.78, 5) is 30.7. The van der Waals surface area contributed by atoms with Crippen LogP contribution in [0.1, 0.15) is 69.3 Å². The Bertz CT molecular complexity index is 874. The number of nitrogens with zero attached hydrogens (tertiary/aromatic N) is 2. The lowest BCUT2D eigenvalue weighted by atomic mass is 10.0. The van der Waals surface area contributed by atoms with Crippen LogP contribution in [0.25, 0.3) is 0 Å². The second-order valence-corrected chi connectivity index (χ2v) is 9.26. The van der Waals surface area contributed by atoms with E-state index in [9.17, 15) is 9.59 Å². The number of carbonyl (C=O) groups excluding carboxylic acids is 2. The normalized spacial score (nSPS) is 11.8. The maximum absolute atomic E-state index is 13.5. The van der Waals surface area contributed by atoms with E-state index in [2.05, 4.69) is 37.9 Å². The Morgan fingerprint density at radius 1 is 0.778 bits per heavy atom. The fourth-order valence-corrected chi connectivity index (χ4v) is 4.34. The van der Waals surface area contributed by atoms with Gasteiger partial charge in [-0.1, -0.05) is 58.0 Å². The summed E-state index contributed by atoms with van der Waals surface area (Å²) in [6.45, 7) is 13.6. The molecule has 2 amide bonds. The van der Waals surface area contributed by atoms with Crippen molar-refractivity contribution in [2.24, 2.45) is 0 Å². The highest BCUT2D eigenvalue weighted by atomic mass is 16.5. The zero-order chi connectivity index (χ0) is 26.2. The van der Waals surface area contributed by atoms with E-state index in [4.69, 9.17) is 4.74 Å². The maximum Gasteiger partial charge on any atom is 0.251 e. The molecule has 0 aromatic heterocycles. The molecule has 0 aliphatic heterocycles. The molecule has 36 heavy (non-hydrogen) atoms. The molecule has 0 fully saturated rings. The smallest absolute Gasteiger partial charge is 0.251 e. The first kappa shape index (κ1) is 29.4. The first-order valence-corrected chi connectivity index (χ1v) is 13.6. The van der Waals surface area contributed by atoms with E-state index in [1.54, 1.807) is 12.1 Å². The average Bonchev–Trinajstić information content (AvgIpc) is 2.89. The average molecular weight is 496 g/mol. The highest BCUT2D eigenvalue weighted by Gasteiger charge is 2.26. The third-order valence-electron chi connectivity index (χ3n) is 6.06. The predicted molar refractivity (Wildman–Crippen MR) is 148 cm³/mol. The topological polar surface area (TPSA) is 61.9 Å². The van der Waals surface area contributed by atoms with E-state index in [0.717, 1.165) is 56.6 Å². The lowest BCUT2D eigenvalue weighted by molar-refractivity contribution is -0.133. The van der Waals surface area contributed by atoms with Gasteiger partial charge in [-0.05, 0) is 68.6 Å². The molecule has 2 aromatic carbocycles. The molecule has 0 saturated heterocycles. The largest absolute Gasteiger partial charge is 0.492 e. The number of amides is 2. The Labute approximate surface area is 218 Å². The Balaban J connectivity index is 2.07. The van der Waals surface area contributed by atoms with Gasteiger partial charge < -0.3 is 15.0 Å². The number of carbonyl (C=O) groups is 2. The minimum atomic E-state index is -0.626. The van der Waals surface area contributed by atoms with E-state index in [0.29, 0.717) is 31.7 Å². The molecule has 0 bridgehead atoms. The van der Waals surface area contributed by atoms with Gasteiger partial charge in [-0.2, -0.15) is 0 Å². The minimum absolute atomic E-state index is 0.0322. The lowest BCUT2D eigenvalue weighted by Gasteiger charge is -2.27. The molecule has 0 radical (unpaired) electrons. The number of rotatable bonds is 17. The van der Waals surface area contributed by atoms with Crippen molar-refractivity contribution in [2.45, 2.75) is 65.8 Å². The van der Waals surface area contributed by atoms with Gasteiger partial charge in [-0.25, -0.2) is 0 Å². The van der Waals surface area contributed by atoms with Crippen LogP contribution in [0, 0.1) is 0 Å². The third kappa shape index (κ3) is 10.0. The first-order valence-electron chi connectivity index (χ1n) is 13.6. The van der Waals surface area contributed by atoms with Crippen molar-refractivity contribution in [3.8, 4) is 5.75 Å². The molecule has 6 heteroatoms. The van der Waals surface area contributed by atoms with Crippen LogP contribution < -0.4 is 10.1 Å². The molecule has 0 spiro atoms. The van der Waals surface area contributed by atoms with E-state index < -0.39 is 6.04 Å². The van der Waals surface area contributed by atoms with Gasteiger partial charge in [0.25, 0.3) is 5.91 Å². The van der Waals surface area contributed by atoms with Crippen molar-refractivity contribution in [3.63, 3.8) is 0 Å². The number of ether oxygens (including phenoxy) is 1. The van der Waals surface area contributed by atoms with Crippen LogP contribution in [0.15, 0.2) is 54.6 Å². The van der Waals surface area contributed by atoms with Gasteiger partial charge in [0.1, 0.15) is 18.4 Å². The van der Waals surface area contributed by atoms with E-state index in [-0.39, 0.29) is 11.8 Å². The van der Waals surface area contributed by atoms with Crippen molar-refractivity contribution < 1.29 is 14.3 Å². The molecule has 0 saturated carbocycles. The van der Waals surface area contributed by atoms with Crippen LogP contribution in [0.3, 0.4) is 0 Å². The zero-order valence-corrected chi connectivity index (χ0v) is 22.7. The summed E-state index contributed by atoms with van der Waals surface area (Å²) in [6.07, 6.45) is 4.48. The highest BCUT2D eigenvalue weighted by Crippen LogP contribution is 2.15. The van der Waals surface area contributed by atoms with Crippen molar-refractivity contribution in [1.29, 1.82) is 0 Å². The second-order valence-electron chi connectivity index (χ2n) is 9.26. The van der Waals surface area contributed by atoms with E-state index >= 15 is 0 Å². The van der Waals surface area contributed by atoms with Gasteiger partial charge in [-0.15, -0.1) is 0 Å². The Morgan fingerprint density at radius 3 is 1.92 bits per heavy atom. The molecule has 0 aliphatic carbocycles. The molecule has 2 aromatic rings. The number of hydrogen-bond acceptors (Lipinski definition) is 4. The zero-order valence-electron chi connectivity index (χ0n) is 22.7. The van der Waals surface area contributed by atoms with Crippen LogP contribution in [0.2, 0.25) is 0 Å².